The summed E-state index contributed by atoms with van der Waals surface area (Å²) in [5.41, 5.74) is -0.814. The molecule has 1 aliphatic heterocycles. The van der Waals surface area contributed by atoms with E-state index in [1.54, 1.807) is 0 Å². The quantitative estimate of drug-likeness (QED) is 0.825. The average molecular weight is 354 g/mol. The van der Waals surface area contributed by atoms with Crippen LogP contribution in [0, 0.1) is 11.6 Å². The molecule has 136 valence electrons. The molecule has 0 bridgehead atoms. The van der Waals surface area contributed by atoms with Crippen LogP contribution in [0.4, 0.5) is 14.5 Å². The Morgan fingerprint density at radius 1 is 1.28 bits per heavy atom. The van der Waals surface area contributed by atoms with Crippen LogP contribution >= 0.6 is 0 Å². The van der Waals surface area contributed by atoms with Gasteiger partial charge in [0.15, 0.2) is 0 Å². The van der Waals surface area contributed by atoms with Crippen molar-refractivity contribution in [1.82, 2.24) is 4.90 Å². The molecule has 2 rings (SSSR count). The molecular formula is C17H20F2N2O4. The lowest BCUT2D eigenvalue weighted by Gasteiger charge is -2.24. The molecule has 1 aromatic carbocycles. The number of nitrogens with one attached hydrogen (secondary N) is 1. The molecule has 1 atom stereocenters. The number of hydrogen-bond donors (Lipinski definition) is 1. The van der Waals surface area contributed by atoms with E-state index in [2.05, 4.69) is 10.1 Å². The molecule has 1 unspecified atom stereocenters. The first-order chi connectivity index (χ1) is 11.9. The number of anilines is 1. The number of carbonyl (C=O) groups is 3. The Kier molecular flexibility index (Phi) is 6.06. The molecule has 1 N–H and O–H groups in total. The van der Waals surface area contributed by atoms with Crippen molar-refractivity contribution in [1.29, 1.82) is 0 Å². The Morgan fingerprint density at radius 3 is 2.64 bits per heavy atom. The van der Waals surface area contributed by atoms with Crippen LogP contribution in [0.25, 0.3) is 0 Å². The molecular weight excluding hydrogens is 334 g/mol. The summed E-state index contributed by atoms with van der Waals surface area (Å²) < 4.78 is 32.0. The van der Waals surface area contributed by atoms with E-state index in [1.807, 2.05) is 6.92 Å². The number of nitrogens with zero attached hydrogens (tertiary/aromatic N) is 1. The van der Waals surface area contributed by atoms with E-state index in [0.717, 1.165) is 13.2 Å². The highest BCUT2D eigenvalue weighted by molar-refractivity contribution is 5.99. The predicted octanol–water partition coefficient (Wildman–Crippen LogP) is 2.48. The largest absolute Gasteiger partial charge is 0.465 e. The minimum atomic E-state index is -1.08. The molecule has 2 amide bonds. The minimum absolute atomic E-state index is 0.130. The molecule has 25 heavy (non-hydrogen) atoms. The lowest BCUT2D eigenvalue weighted by atomic mass is 10.1. The molecule has 1 aromatic rings. The third-order valence-corrected chi connectivity index (χ3v) is 4.06. The molecule has 0 radical (unpaired) electrons. The number of benzene rings is 1. The summed E-state index contributed by atoms with van der Waals surface area (Å²) in [4.78, 5) is 37.5. The van der Waals surface area contributed by atoms with Crippen molar-refractivity contribution in [3.8, 4) is 0 Å². The van der Waals surface area contributed by atoms with Crippen molar-refractivity contribution in [2.24, 2.45) is 0 Å². The summed E-state index contributed by atoms with van der Waals surface area (Å²) in [6, 6.07) is 0.697. The summed E-state index contributed by atoms with van der Waals surface area (Å²) in [6.07, 6.45) is 2.14. The van der Waals surface area contributed by atoms with Crippen LogP contribution in [0.1, 0.15) is 43.0 Å². The summed E-state index contributed by atoms with van der Waals surface area (Å²) in [6.45, 7) is 2.33. The highest BCUT2D eigenvalue weighted by Crippen LogP contribution is 2.24. The van der Waals surface area contributed by atoms with Crippen LogP contribution in [0.2, 0.25) is 0 Å². The molecule has 1 heterocycles. The topological polar surface area (TPSA) is 75.7 Å². The SMILES string of the molecule is CCCC(=O)N1CCCC1C(=O)Nc1cc(C(=O)OC)c(F)cc1F. The molecule has 0 aromatic heterocycles. The summed E-state index contributed by atoms with van der Waals surface area (Å²) >= 11 is 0. The van der Waals surface area contributed by atoms with Gasteiger partial charge in [-0.15, -0.1) is 0 Å². The zero-order valence-electron chi connectivity index (χ0n) is 14.1. The van der Waals surface area contributed by atoms with E-state index in [0.29, 0.717) is 38.3 Å². The van der Waals surface area contributed by atoms with Crippen molar-refractivity contribution in [3.63, 3.8) is 0 Å². The fraction of sp³-hybridized carbons (Fsp3) is 0.471. The Labute approximate surface area is 144 Å². The summed E-state index contributed by atoms with van der Waals surface area (Å²) in [5.74, 6) is -3.77. The number of carbonyl (C=O) groups excluding carboxylic acids is 3. The number of rotatable bonds is 5. The standard InChI is InChI=1S/C17H20F2N2O4/c1-3-5-15(22)21-7-4-6-14(21)16(23)20-13-8-10(17(24)25-2)11(18)9-12(13)19/h8-9,14H,3-7H2,1-2H3,(H,20,23). The molecule has 1 saturated heterocycles. The van der Waals surface area contributed by atoms with Gasteiger partial charge in [-0.3, -0.25) is 9.59 Å². The first-order valence-corrected chi connectivity index (χ1v) is 8.06. The highest BCUT2D eigenvalue weighted by Gasteiger charge is 2.34. The highest BCUT2D eigenvalue weighted by atomic mass is 19.1. The molecule has 0 spiro atoms. The van der Waals surface area contributed by atoms with Gasteiger partial charge in [0.25, 0.3) is 0 Å². The van der Waals surface area contributed by atoms with Gasteiger partial charge in [-0.05, 0) is 25.3 Å². The Bertz CT molecular complexity index is 693. The monoisotopic (exact) mass is 354 g/mol. The van der Waals surface area contributed by atoms with Crippen LogP contribution in [0.15, 0.2) is 12.1 Å². The van der Waals surface area contributed by atoms with Crippen LogP contribution in [-0.2, 0) is 14.3 Å². The van der Waals surface area contributed by atoms with E-state index in [9.17, 15) is 23.2 Å². The second-order valence-electron chi connectivity index (χ2n) is 5.79. The third-order valence-electron chi connectivity index (χ3n) is 4.06. The first kappa shape index (κ1) is 18.8. The molecule has 1 fully saturated rings. The van der Waals surface area contributed by atoms with E-state index in [1.165, 1.54) is 4.90 Å². The maximum atomic E-state index is 13.9. The molecule has 1 aliphatic rings. The Hall–Kier alpha value is -2.51. The van der Waals surface area contributed by atoms with Crippen LogP contribution in [0.3, 0.4) is 0 Å². The number of hydrogen-bond acceptors (Lipinski definition) is 4. The normalized spacial score (nSPS) is 16.6. The lowest BCUT2D eigenvalue weighted by molar-refractivity contribution is -0.136. The molecule has 0 aliphatic carbocycles. The zero-order valence-corrected chi connectivity index (χ0v) is 14.1. The molecule has 8 heteroatoms. The molecule has 0 saturated carbocycles. The summed E-state index contributed by atoms with van der Waals surface area (Å²) in [7, 11) is 1.07. The number of esters is 1. The van der Waals surface area contributed by atoms with Gasteiger partial charge in [0, 0.05) is 19.0 Å². The van der Waals surface area contributed by atoms with Gasteiger partial charge < -0.3 is 15.0 Å². The van der Waals surface area contributed by atoms with Crippen molar-refractivity contribution in [2.75, 3.05) is 19.0 Å². The number of amides is 2. The first-order valence-electron chi connectivity index (χ1n) is 8.06. The van der Waals surface area contributed by atoms with Crippen LogP contribution in [0.5, 0.6) is 0 Å². The van der Waals surface area contributed by atoms with E-state index < -0.39 is 35.1 Å². The third kappa shape index (κ3) is 4.12. The van der Waals surface area contributed by atoms with E-state index in [-0.39, 0.29) is 11.6 Å². The van der Waals surface area contributed by atoms with Gasteiger partial charge in [0.1, 0.15) is 17.7 Å². The smallest absolute Gasteiger partial charge is 0.340 e. The predicted molar refractivity (Wildman–Crippen MR) is 86.0 cm³/mol. The van der Waals surface area contributed by atoms with Gasteiger partial charge in [0.05, 0.1) is 18.4 Å². The van der Waals surface area contributed by atoms with Crippen molar-refractivity contribution >= 4 is 23.5 Å². The van der Waals surface area contributed by atoms with Gasteiger partial charge in [-0.1, -0.05) is 6.92 Å². The number of methoxy groups -OCH3 is 1. The summed E-state index contributed by atoms with van der Waals surface area (Å²) in [5, 5.41) is 2.34. The maximum absolute atomic E-state index is 13.9. The van der Waals surface area contributed by atoms with Crippen molar-refractivity contribution in [3.05, 3.63) is 29.3 Å². The fourth-order valence-electron chi connectivity index (χ4n) is 2.82. The van der Waals surface area contributed by atoms with Crippen molar-refractivity contribution in [2.45, 2.75) is 38.6 Å². The maximum Gasteiger partial charge on any atom is 0.340 e. The second-order valence-corrected chi connectivity index (χ2v) is 5.79. The van der Waals surface area contributed by atoms with Crippen LogP contribution in [-0.4, -0.2) is 42.4 Å². The minimum Gasteiger partial charge on any atom is -0.465 e. The van der Waals surface area contributed by atoms with Gasteiger partial charge in [-0.2, -0.15) is 0 Å². The molecule has 6 nitrogen and oxygen atoms in total. The Balaban J connectivity index is 2.19. The van der Waals surface area contributed by atoms with Crippen LogP contribution < -0.4 is 5.32 Å². The van der Waals surface area contributed by atoms with E-state index in [4.69, 9.17) is 0 Å². The second kappa shape index (κ2) is 8.04. The Morgan fingerprint density at radius 2 is 2.00 bits per heavy atom. The van der Waals surface area contributed by atoms with Gasteiger partial charge >= 0.3 is 5.97 Å². The number of halogens is 2. The average Bonchev–Trinajstić information content (AvgIpc) is 3.06. The zero-order chi connectivity index (χ0) is 18.6. The fourth-order valence-corrected chi connectivity index (χ4v) is 2.82. The lowest BCUT2D eigenvalue weighted by Crippen LogP contribution is -2.43. The number of ether oxygens (including phenoxy) is 1. The van der Waals surface area contributed by atoms with Gasteiger partial charge in [0.2, 0.25) is 11.8 Å². The van der Waals surface area contributed by atoms with Crippen molar-refractivity contribution < 1.29 is 27.9 Å². The number of likely N-dealkylation sites (tertiary alicyclic amines) is 1. The van der Waals surface area contributed by atoms with E-state index >= 15 is 0 Å². The van der Waals surface area contributed by atoms with Gasteiger partial charge in [-0.25, -0.2) is 13.6 Å².